The van der Waals surface area contributed by atoms with Crippen molar-refractivity contribution in [2.45, 2.75) is 11.8 Å². The number of rotatable bonds is 7. The second-order valence-corrected chi connectivity index (χ2v) is 6.24. The molecule has 122 valence electrons. The topological polar surface area (TPSA) is 55.4 Å². The lowest BCUT2D eigenvalue weighted by atomic mass is 10.2. The summed E-state index contributed by atoms with van der Waals surface area (Å²) in [6.45, 7) is 2.21. The van der Waals surface area contributed by atoms with Crippen LogP contribution >= 0.6 is 0 Å². The molecule has 0 aromatic heterocycles. The zero-order valence-corrected chi connectivity index (χ0v) is 13.6. The van der Waals surface area contributed by atoms with Crippen LogP contribution in [0, 0.1) is 5.82 Å². The van der Waals surface area contributed by atoms with Crippen LogP contribution in [0.15, 0.2) is 53.4 Å². The Kier molecular flexibility index (Phi) is 6.29. The van der Waals surface area contributed by atoms with E-state index < -0.39 is 22.5 Å². The monoisotopic (exact) mass is 335 g/mol. The number of ether oxygens (including phenoxy) is 1. The number of carbonyl (C=O) groups is 1. The molecule has 0 unspecified atom stereocenters. The molecule has 0 radical (unpaired) electrons. The summed E-state index contributed by atoms with van der Waals surface area (Å²) in [5, 5.41) is 2.65. The lowest BCUT2D eigenvalue weighted by Crippen LogP contribution is -2.28. The molecule has 0 heterocycles. The molecule has 1 amide bonds. The van der Waals surface area contributed by atoms with Crippen molar-refractivity contribution in [2.75, 3.05) is 18.9 Å². The van der Waals surface area contributed by atoms with E-state index in [0.29, 0.717) is 4.90 Å². The van der Waals surface area contributed by atoms with E-state index >= 15 is 0 Å². The predicted molar refractivity (Wildman–Crippen MR) is 87.6 cm³/mol. The van der Waals surface area contributed by atoms with E-state index in [-0.39, 0.29) is 30.2 Å². The van der Waals surface area contributed by atoms with Gasteiger partial charge in [-0.05, 0) is 31.2 Å². The minimum Gasteiger partial charge on any atom is -0.490 e. The Morgan fingerprint density at radius 3 is 2.61 bits per heavy atom. The van der Waals surface area contributed by atoms with Gasteiger partial charge in [0, 0.05) is 17.2 Å². The molecule has 1 atom stereocenters. The molecule has 2 aromatic rings. The van der Waals surface area contributed by atoms with Crippen molar-refractivity contribution in [1.82, 2.24) is 5.32 Å². The Bertz CT molecular complexity index is 691. The number of halogens is 1. The fourth-order valence-corrected chi connectivity index (χ4v) is 3.01. The molecule has 0 bridgehead atoms. The molecule has 0 spiro atoms. The number of benzene rings is 2. The number of hydrogen-bond acceptors (Lipinski definition) is 3. The number of amides is 1. The molecule has 23 heavy (non-hydrogen) atoms. The average molecular weight is 335 g/mol. The van der Waals surface area contributed by atoms with Crippen molar-refractivity contribution in [1.29, 1.82) is 0 Å². The second-order valence-electron chi connectivity index (χ2n) is 4.67. The first kappa shape index (κ1) is 17.1. The summed E-state index contributed by atoms with van der Waals surface area (Å²) >= 11 is 0. The summed E-state index contributed by atoms with van der Waals surface area (Å²) in [5.74, 6) is -0.795. The van der Waals surface area contributed by atoms with Crippen molar-refractivity contribution in [3.8, 4) is 5.75 Å². The third kappa shape index (κ3) is 4.63. The maximum Gasteiger partial charge on any atom is 0.255 e. The number of carbonyl (C=O) groups excluding carboxylic acids is 1. The van der Waals surface area contributed by atoms with Crippen LogP contribution in [0.1, 0.15) is 17.3 Å². The molecule has 2 rings (SSSR count). The highest BCUT2D eigenvalue weighted by atomic mass is 32.2. The fourth-order valence-electron chi connectivity index (χ4n) is 2.02. The minimum absolute atomic E-state index is 0.0586. The highest BCUT2D eigenvalue weighted by Crippen LogP contribution is 2.22. The van der Waals surface area contributed by atoms with E-state index in [2.05, 4.69) is 5.32 Å². The highest BCUT2D eigenvalue weighted by molar-refractivity contribution is 7.85. The Balaban J connectivity index is 1.95. The molecule has 0 saturated carbocycles. The van der Waals surface area contributed by atoms with Crippen molar-refractivity contribution in [2.24, 2.45) is 0 Å². The Morgan fingerprint density at radius 2 is 1.91 bits per heavy atom. The number of hydrogen-bond donors (Lipinski definition) is 1. The first-order valence-corrected chi connectivity index (χ1v) is 8.58. The number of para-hydroxylation sites is 1. The zero-order valence-electron chi connectivity index (χ0n) is 12.8. The van der Waals surface area contributed by atoms with Gasteiger partial charge in [-0.2, -0.15) is 0 Å². The lowest BCUT2D eigenvalue weighted by molar-refractivity contribution is 0.0951. The summed E-state index contributed by atoms with van der Waals surface area (Å²) in [7, 11) is -1.19. The Hall–Kier alpha value is -2.21. The standard InChI is InChI=1S/C17H18FNO3S/c1-2-22-16-14(9-6-10-15(16)18)17(20)19-11-12-23(21)13-7-4-3-5-8-13/h3-10H,2,11-12H2,1H3,(H,19,20)/t23-/m1/s1. The molecule has 0 aliphatic rings. The zero-order chi connectivity index (χ0) is 16.7. The first-order valence-electron chi connectivity index (χ1n) is 7.26. The highest BCUT2D eigenvalue weighted by Gasteiger charge is 2.16. The third-order valence-electron chi connectivity index (χ3n) is 3.08. The first-order chi connectivity index (χ1) is 11.1. The summed E-state index contributed by atoms with van der Waals surface area (Å²) in [6.07, 6.45) is 0. The molecule has 1 N–H and O–H groups in total. The fraction of sp³-hybridized carbons (Fsp3) is 0.235. The maximum atomic E-state index is 13.7. The largest absolute Gasteiger partial charge is 0.490 e. The van der Waals surface area contributed by atoms with Crippen molar-refractivity contribution >= 4 is 16.7 Å². The van der Waals surface area contributed by atoms with Gasteiger partial charge in [-0.15, -0.1) is 0 Å². The predicted octanol–water partition coefficient (Wildman–Crippen LogP) is 2.76. The molecular formula is C17H18FNO3S. The van der Waals surface area contributed by atoms with Crippen LogP contribution in [0.2, 0.25) is 0 Å². The molecule has 2 aromatic carbocycles. The third-order valence-corrected chi connectivity index (χ3v) is 4.45. The molecule has 0 saturated heterocycles. The van der Waals surface area contributed by atoms with E-state index in [1.807, 2.05) is 18.2 Å². The Morgan fingerprint density at radius 1 is 1.17 bits per heavy atom. The van der Waals surface area contributed by atoms with E-state index in [9.17, 15) is 13.4 Å². The van der Waals surface area contributed by atoms with Gasteiger partial charge in [-0.1, -0.05) is 24.3 Å². The summed E-state index contributed by atoms with van der Waals surface area (Å²) in [6, 6.07) is 13.2. The molecule has 0 fully saturated rings. The van der Waals surface area contributed by atoms with Gasteiger partial charge >= 0.3 is 0 Å². The van der Waals surface area contributed by atoms with Crippen molar-refractivity contribution in [3.63, 3.8) is 0 Å². The molecule has 6 heteroatoms. The SMILES string of the molecule is CCOc1c(F)cccc1C(=O)NCC[S@@](=O)c1ccccc1. The summed E-state index contributed by atoms with van der Waals surface area (Å²) < 4.78 is 31.0. The van der Waals surface area contributed by atoms with Crippen LogP contribution < -0.4 is 10.1 Å². The van der Waals surface area contributed by atoms with E-state index in [4.69, 9.17) is 4.74 Å². The average Bonchev–Trinajstić information content (AvgIpc) is 2.57. The van der Waals surface area contributed by atoms with Gasteiger partial charge < -0.3 is 10.1 Å². The van der Waals surface area contributed by atoms with Gasteiger partial charge in [0.1, 0.15) is 0 Å². The summed E-state index contributed by atoms with van der Waals surface area (Å²) in [5.41, 5.74) is 0.136. The molecule has 0 aliphatic carbocycles. The van der Waals surface area contributed by atoms with Crippen molar-refractivity contribution < 1.29 is 18.1 Å². The molecule has 0 aliphatic heterocycles. The number of nitrogens with one attached hydrogen (secondary N) is 1. The van der Waals surface area contributed by atoms with Crippen LogP contribution in [0.5, 0.6) is 5.75 Å². The van der Waals surface area contributed by atoms with Crippen LogP contribution in [0.25, 0.3) is 0 Å². The van der Waals surface area contributed by atoms with Crippen LogP contribution in [-0.2, 0) is 10.8 Å². The lowest BCUT2D eigenvalue weighted by Gasteiger charge is -2.11. The van der Waals surface area contributed by atoms with Gasteiger partial charge in [0.05, 0.1) is 23.0 Å². The smallest absolute Gasteiger partial charge is 0.255 e. The van der Waals surface area contributed by atoms with E-state index in [1.165, 1.54) is 18.2 Å². The van der Waals surface area contributed by atoms with Crippen LogP contribution in [0.4, 0.5) is 4.39 Å². The second kappa shape index (κ2) is 8.43. The van der Waals surface area contributed by atoms with E-state index in [1.54, 1.807) is 19.1 Å². The van der Waals surface area contributed by atoms with Crippen LogP contribution in [-0.4, -0.2) is 29.0 Å². The summed E-state index contributed by atoms with van der Waals surface area (Å²) in [4.78, 5) is 12.9. The molecule has 4 nitrogen and oxygen atoms in total. The van der Waals surface area contributed by atoms with Crippen LogP contribution in [0.3, 0.4) is 0 Å². The minimum atomic E-state index is -1.19. The van der Waals surface area contributed by atoms with Gasteiger partial charge in [0.15, 0.2) is 11.6 Å². The van der Waals surface area contributed by atoms with Gasteiger partial charge in [-0.3, -0.25) is 9.00 Å². The quantitative estimate of drug-likeness (QED) is 0.846. The van der Waals surface area contributed by atoms with Crippen molar-refractivity contribution in [3.05, 3.63) is 59.9 Å². The van der Waals surface area contributed by atoms with Gasteiger partial charge in [0.25, 0.3) is 5.91 Å². The van der Waals surface area contributed by atoms with Gasteiger partial charge in [-0.25, -0.2) is 4.39 Å². The Labute approximate surface area is 137 Å². The maximum absolute atomic E-state index is 13.7. The normalized spacial score (nSPS) is 11.7. The molecular weight excluding hydrogens is 317 g/mol. The van der Waals surface area contributed by atoms with E-state index in [0.717, 1.165) is 0 Å². The van der Waals surface area contributed by atoms with Gasteiger partial charge in [0.2, 0.25) is 0 Å².